The molecule has 74 valence electrons. The molecule has 0 bridgehead atoms. The first-order valence-electron chi connectivity index (χ1n) is 3.74. The van der Waals surface area contributed by atoms with Crippen molar-refractivity contribution in [3.05, 3.63) is 33.2 Å². The Morgan fingerprint density at radius 3 is 2.71 bits per heavy atom. The highest BCUT2D eigenvalue weighted by atomic mass is 19.3. The number of H-pyrrole nitrogens is 1. The Kier molecular flexibility index (Phi) is 2.94. The number of rotatable bonds is 2. The van der Waals surface area contributed by atoms with Crippen LogP contribution in [0.5, 0.6) is 0 Å². The number of hydrogen-bond donors (Lipinski definition) is 2. The summed E-state index contributed by atoms with van der Waals surface area (Å²) in [7, 11) is 0. The molecule has 14 heavy (non-hydrogen) atoms. The molecule has 1 aromatic heterocycles. The summed E-state index contributed by atoms with van der Waals surface area (Å²) in [6.07, 6.45) is -1.84. The lowest BCUT2D eigenvalue weighted by Gasteiger charge is -2.05. The predicted octanol–water partition coefficient (Wildman–Crippen LogP) is 0.643. The molecule has 6 heteroatoms. The van der Waals surface area contributed by atoms with Crippen molar-refractivity contribution in [2.45, 2.75) is 13.0 Å². The van der Waals surface area contributed by atoms with Crippen LogP contribution in [0.1, 0.15) is 23.2 Å². The van der Waals surface area contributed by atoms with Gasteiger partial charge in [-0.3, -0.25) is 4.79 Å². The summed E-state index contributed by atoms with van der Waals surface area (Å²) in [6.45, 7) is -0.315. The molecule has 4 nitrogen and oxygen atoms in total. The first-order chi connectivity index (χ1) is 6.61. The quantitative estimate of drug-likeness (QED) is 0.733. The van der Waals surface area contributed by atoms with E-state index in [1.54, 1.807) is 6.07 Å². The number of hydrogen-bond acceptors (Lipinski definition) is 3. The zero-order chi connectivity index (χ0) is 10.7. The summed E-state index contributed by atoms with van der Waals surface area (Å²) in [6, 6.07) is 1.59. The van der Waals surface area contributed by atoms with E-state index < -0.39 is 17.5 Å². The van der Waals surface area contributed by atoms with Gasteiger partial charge in [0.1, 0.15) is 11.6 Å². The van der Waals surface area contributed by atoms with Gasteiger partial charge in [-0.05, 0) is 0 Å². The van der Waals surface area contributed by atoms with E-state index in [9.17, 15) is 13.6 Å². The van der Waals surface area contributed by atoms with Crippen molar-refractivity contribution in [2.24, 2.45) is 5.73 Å². The fraction of sp³-hybridized carbons (Fsp3) is 0.250. The molecule has 0 spiro atoms. The zero-order valence-corrected chi connectivity index (χ0v) is 7.05. The smallest absolute Gasteiger partial charge is 0.278 e. The van der Waals surface area contributed by atoms with Crippen LogP contribution in [0.25, 0.3) is 0 Å². The van der Waals surface area contributed by atoms with Crippen molar-refractivity contribution >= 4 is 0 Å². The van der Waals surface area contributed by atoms with Gasteiger partial charge in [-0.15, -0.1) is 0 Å². The van der Waals surface area contributed by atoms with Gasteiger partial charge in [-0.2, -0.15) is 5.26 Å². The Bertz CT molecular complexity index is 433. The lowest BCUT2D eigenvalue weighted by Crippen LogP contribution is -2.20. The van der Waals surface area contributed by atoms with Gasteiger partial charge in [-0.1, -0.05) is 0 Å². The first-order valence-corrected chi connectivity index (χ1v) is 3.74. The van der Waals surface area contributed by atoms with Gasteiger partial charge in [0, 0.05) is 18.3 Å². The van der Waals surface area contributed by atoms with E-state index in [0.29, 0.717) is 0 Å². The Morgan fingerprint density at radius 1 is 1.64 bits per heavy atom. The summed E-state index contributed by atoms with van der Waals surface area (Å²) in [5, 5.41) is 8.47. The minimum Gasteiger partial charge on any atom is -0.359 e. The maximum atomic E-state index is 12.3. The van der Waals surface area contributed by atoms with E-state index in [4.69, 9.17) is 11.0 Å². The van der Waals surface area contributed by atoms with Crippen LogP contribution < -0.4 is 11.2 Å². The Hall–Kier alpha value is -1.74. The van der Waals surface area contributed by atoms with E-state index >= 15 is 0 Å². The second-order valence-corrected chi connectivity index (χ2v) is 2.54. The fourth-order valence-corrected chi connectivity index (χ4v) is 1.07. The molecule has 0 aliphatic rings. The van der Waals surface area contributed by atoms with Crippen LogP contribution in [0.15, 0.2) is 11.0 Å². The van der Waals surface area contributed by atoms with Crippen molar-refractivity contribution in [2.75, 3.05) is 0 Å². The number of pyridine rings is 1. The van der Waals surface area contributed by atoms with Gasteiger partial charge in [0.05, 0.1) is 5.69 Å². The number of nitrogens with two attached hydrogens (primary N) is 1. The number of nitriles is 1. The summed E-state index contributed by atoms with van der Waals surface area (Å²) in [5.41, 5.74) is 3.45. The van der Waals surface area contributed by atoms with Gasteiger partial charge in [-0.25, -0.2) is 8.78 Å². The largest absolute Gasteiger partial charge is 0.359 e. The molecular formula is C8H7F2N3O. The van der Waals surface area contributed by atoms with E-state index in [0.717, 1.165) is 6.20 Å². The molecule has 0 aliphatic carbocycles. The Labute approximate surface area is 78.0 Å². The first kappa shape index (κ1) is 10.3. The van der Waals surface area contributed by atoms with E-state index in [2.05, 4.69) is 4.98 Å². The fourth-order valence-electron chi connectivity index (χ4n) is 1.07. The van der Waals surface area contributed by atoms with Crippen molar-refractivity contribution in [3.8, 4) is 6.07 Å². The van der Waals surface area contributed by atoms with Crippen molar-refractivity contribution in [1.82, 2.24) is 4.98 Å². The Balaban J connectivity index is 3.46. The van der Waals surface area contributed by atoms with Crippen LogP contribution in [0.4, 0.5) is 8.78 Å². The predicted molar refractivity (Wildman–Crippen MR) is 44.6 cm³/mol. The molecule has 0 saturated carbocycles. The molecular weight excluding hydrogens is 192 g/mol. The van der Waals surface area contributed by atoms with Crippen LogP contribution in [0.2, 0.25) is 0 Å². The van der Waals surface area contributed by atoms with Crippen LogP contribution >= 0.6 is 0 Å². The van der Waals surface area contributed by atoms with Gasteiger partial charge < -0.3 is 10.7 Å². The second kappa shape index (κ2) is 3.98. The zero-order valence-electron chi connectivity index (χ0n) is 7.05. The number of nitrogens with zero attached hydrogens (tertiary/aromatic N) is 1. The topological polar surface area (TPSA) is 82.7 Å². The van der Waals surface area contributed by atoms with Crippen molar-refractivity contribution < 1.29 is 8.78 Å². The maximum absolute atomic E-state index is 12.3. The third-order valence-electron chi connectivity index (χ3n) is 1.76. The van der Waals surface area contributed by atoms with E-state index in [1.165, 1.54) is 0 Å². The van der Waals surface area contributed by atoms with Gasteiger partial charge >= 0.3 is 0 Å². The summed E-state index contributed by atoms with van der Waals surface area (Å²) in [4.78, 5) is 13.5. The molecule has 0 amide bonds. The molecule has 0 aliphatic heterocycles. The normalized spacial score (nSPS) is 10.2. The second-order valence-electron chi connectivity index (χ2n) is 2.54. The van der Waals surface area contributed by atoms with Crippen LogP contribution in [0, 0.1) is 11.3 Å². The minimum atomic E-state index is -2.80. The average Bonchev–Trinajstić information content (AvgIpc) is 2.17. The molecule has 0 aromatic carbocycles. The van der Waals surface area contributed by atoms with Gasteiger partial charge in [0.15, 0.2) is 0 Å². The molecule has 0 atom stereocenters. The SMILES string of the molecule is N#Cc1c[nH]c(C(F)F)c(CN)c1=O. The van der Waals surface area contributed by atoms with Gasteiger partial charge in [0.2, 0.25) is 5.43 Å². The average molecular weight is 199 g/mol. The molecule has 0 fully saturated rings. The molecule has 0 unspecified atom stereocenters. The molecule has 1 rings (SSSR count). The third kappa shape index (κ3) is 1.63. The minimum absolute atomic E-state index is 0.213. The van der Waals surface area contributed by atoms with Crippen LogP contribution in [0.3, 0.4) is 0 Å². The highest BCUT2D eigenvalue weighted by molar-refractivity contribution is 5.33. The summed E-state index contributed by atoms with van der Waals surface area (Å²) >= 11 is 0. The molecule has 0 saturated heterocycles. The number of alkyl halides is 2. The van der Waals surface area contributed by atoms with Crippen LogP contribution in [-0.2, 0) is 6.54 Å². The molecule has 3 N–H and O–H groups in total. The standard InChI is InChI=1S/C8H7F2N3O/c9-8(10)6-5(2-12)7(14)4(1-11)3-13-6/h3,8H,2,12H2,(H,13,14). The summed E-state index contributed by atoms with van der Waals surface area (Å²) in [5.74, 6) is 0. The molecule has 1 aromatic rings. The Morgan fingerprint density at radius 2 is 2.29 bits per heavy atom. The maximum Gasteiger partial charge on any atom is 0.278 e. The van der Waals surface area contributed by atoms with Crippen molar-refractivity contribution in [1.29, 1.82) is 5.26 Å². The molecule has 0 radical (unpaired) electrons. The number of nitrogens with one attached hydrogen (secondary N) is 1. The third-order valence-corrected chi connectivity index (χ3v) is 1.76. The number of aromatic amines is 1. The highest BCUT2D eigenvalue weighted by Crippen LogP contribution is 2.17. The van der Waals surface area contributed by atoms with Gasteiger partial charge in [0.25, 0.3) is 6.43 Å². The monoisotopic (exact) mass is 199 g/mol. The molecule has 1 heterocycles. The lowest BCUT2D eigenvalue weighted by molar-refractivity contribution is 0.144. The number of halogens is 2. The lowest BCUT2D eigenvalue weighted by atomic mass is 10.1. The van der Waals surface area contributed by atoms with E-state index in [1.807, 2.05) is 0 Å². The van der Waals surface area contributed by atoms with Crippen molar-refractivity contribution in [3.63, 3.8) is 0 Å². The highest BCUT2D eigenvalue weighted by Gasteiger charge is 2.17. The van der Waals surface area contributed by atoms with Crippen LogP contribution in [-0.4, -0.2) is 4.98 Å². The number of aromatic nitrogens is 1. The summed E-state index contributed by atoms with van der Waals surface area (Å²) < 4.78 is 24.6. The van der Waals surface area contributed by atoms with E-state index in [-0.39, 0.29) is 17.7 Å².